The second kappa shape index (κ2) is 6.97. The molecule has 0 saturated carbocycles. The van der Waals surface area contributed by atoms with Crippen LogP contribution < -0.4 is 5.32 Å². The molecule has 2 atom stereocenters. The van der Waals surface area contributed by atoms with E-state index < -0.39 is 0 Å². The fourth-order valence-corrected chi connectivity index (χ4v) is 3.21. The molecule has 90 valence electrons. The van der Waals surface area contributed by atoms with Gasteiger partial charge in [0.2, 0.25) is 0 Å². The Morgan fingerprint density at radius 1 is 1.12 bits per heavy atom. The van der Waals surface area contributed by atoms with Crippen molar-refractivity contribution in [2.24, 2.45) is 0 Å². The van der Waals surface area contributed by atoms with Crippen molar-refractivity contribution in [2.75, 3.05) is 6.54 Å². The van der Waals surface area contributed by atoms with Crippen molar-refractivity contribution in [3.8, 4) is 0 Å². The van der Waals surface area contributed by atoms with Gasteiger partial charge >= 0.3 is 0 Å². The van der Waals surface area contributed by atoms with E-state index in [-0.39, 0.29) is 0 Å². The Bertz CT molecular complexity index is 284. The largest absolute Gasteiger partial charge is 0.309 e. The molecule has 0 aromatic heterocycles. The van der Waals surface area contributed by atoms with E-state index in [1.165, 1.54) is 5.56 Å². The zero-order chi connectivity index (χ0) is 12.0. The average molecular weight is 237 g/mol. The van der Waals surface area contributed by atoms with E-state index in [2.05, 4.69) is 63.3 Å². The Balaban J connectivity index is 2.74. The van der Waals surface area contributed by atoms with Crippen LogP contribution in [0.5, 0.6) is 0 Å². The Hall–Kier alpha value is -0.470. The molecule has 1 nitrogen and oxygen atoms in total. The van der Waals surface area contributed by atoms with Crippen LogP contribution in [0.4, 0.5) is 0 Å². The molecule has 2 heteroatoms. The maximum absolute atomic E-state index is 3.58. The molecule has 0 bridgehead atoms. The lowest BCUT2D eigenvalue weighted by atomic mass is 10.0. The van der Waals surface area contributed by atoms with Crippen molar-refractivity contribution in [3.05, 3.63) is 35.9 Å². The van der Waals surface area contributed by atoms with E-state index in [0.717, 1.165) is 6.54 Å². The minimum Gasteiger partial charge on any atom is -0.309 e. The third kappa shape index (κ3) is 4.18. The summed E-state index contributed by atoms with van der Waals surface area (Å²) in [4.78, 5) is 0. The summed E-state index contributed by atoms with van der Waals surface area (Å²) in [6.45, 7) is 10.0. The third-order valence-electron chi connectivity index (χ3n) is 2.54. The van der Waals surface area contributed by atoms with Crippen LogP contribution in [0.1, 0.15) is 39.3 Å². The summed E-state index contributed by atoms with van der Waals surface area (Å²) in [6, 6.07) is 11.2. The molecule has 1 aromatic rings. The Morgan fingerprint density at radius 3 is 2.25 bits per heavy atom. The summed E-state index contributed by atoms with van der Waals surface area (Å²) in [5, 5.41) is 4.86. The van der Waals surface area contributed by atoms with Crippen LogP contribution in [0.25, 0.3) is 0 Å². The molecule has 16 heavy (non-hydrogen) atoms. The topological polar surface area (TPSA) is 12.0 Å². The summed E-state index contributed by atoms with van der Waals surface area (Å²) in [7, 11) is 0. The van der Waals surface area contributed by atoms with E-state index in [1.54, 1.807) is 0 Å². The van der Waals surface area contributed by atoms with Crippen molar-refractivity contribution in [1.82, 2.24) is 5.32 Å². The Kier molecular flexibility index (Phi) is 5.93. The molecule has 0 amide bonds. The molecule has 0 aliphatic heterocycles. The first kappa shape index (κ1) is 13.6. The van der Waals surface area contributed by atoms with Gasteiger partial charge in [-0.1, -0.05) is 58.0 Å². The van der Waals surface area contributed by atoms with Crippen LogP contribution in [0.15, 0.2) is 30.3 Å². The van der Waals surface area contributed by atoms with Crippen LogP contribution in [0.2, 0.25) is 0 Å². The molecule has 0 radical (unpaired) electrons. The minimum absolute atomic E-state index is 0.457. The van der Waals surface area contributed by atoms with Gasteiger partial charge in [-0.05, 0) is 17.4 Å². The molecular formula is C14H23NS. The molecule has 0 heterocycles. The number of thioether (sulfide) groups is 1. The highest BCUT2D eigenvalue weighted by Gasteiger charge is 2.19. The van der Waals surface area contributed by atoms with Crippen molar-refractivity contribution in [1.29, 1.82) is 0 Å². The lowest BCUT2D eigenvalue weighted by Gasteiger charge is -2.26. The molecule has 0 spiro atoms. The number of nitrogens with one attached hydrogen (secondary N) is 1. The minimum atomic E-state index is 0.457. The van der Waals surface area contributed by atoms with Crippen LogP contribution in [0.3, 0.4) is 0 Å². The predicted octanol–water partition coefficient (Wildman–Crippen LogP) is 3.87. The van der Waals surface area contributed by atoms with Gasteiger partial charge in [0.1, 0.15) is 0 Å². The second-order valence-corrected chi connectivity index (χ2v) is 6.29. The zero-order valence-electron chi connectivity index (χ0n) is 10.7. The molecule has 0 aliphatic rings. The number of rotatable bonds is 6. The number of hydrogen-bond donors (Lipinski definition) is 1. The van der Waals surface area contributed by atoms with Crippen LogP contribution in [0, 0.1) is 0 Å². The lowest BCUT2D eigenvalue weighted by Crippen LogP contribution is -2.29. The highest BCUT2D eigenvalue weighted by molar-refractivity contribution is 8.00. The lowest BCUT2D eigenvalue weighted by molar-refractivity contribution is 0.547. The summed E-state index contributed by atoms with van der Waals surface area (Å²) < 4.78 is 0. The van der Waals surface area contributed by atoms with Gasteiger partial charge in [-0.2, -0.15) is 11.8 Å². The van der Waals surface area contributed by atoms with Gasteiger partial charge in [-0.3, -0.25) is 0 Å². The average Bonchev–Trinajstić information content (AvgIpc) is 2.26. The smallest absolute Gasteiger partial charge is 0.0437 e. The molecule has 1 rings (SSSR count). The van der Waals surface area contributed by atoms with E-state index in [0.29, 0.717) is 16.5 Å². The van der Waals surface area contributed by atoms with E-state index >= 15 is 0 Å². The van der Waals surface area contributed by atoms with Crippen molar-refractivity contribution in [2.45, 2.75) is 44.2 Å². The first-order valence-electron chi connectivity index (χ1n) is 6.09. The van der Waals surface area contributed by atoms with Crippen LogP contribution in [-0.2, 0) is 0 Å². The highest BCUT2D eigenvalue weighted by Crippen LogP contribution is 2.28. The van der Waals surface area contributed by atoms with Gasteiger partial charge in [0.25, 0.3) is 0 Å². The van der Waals surface area contributed by atoms with E-state index in [1.807, 2.05) is 11.8 Å². The summed E-state index contributed by atoms with van der Waals surface area (Å²) in [6.07, 6.45) is 0. The Morgan fingerprint density at radius 2 is 1.75 bits per heavy atom. The molecular weight excluding hydrogens is 214 g/mol. The number of hydrogen-bond acceptors (Lipinski definition) is 2. The summed E-state index contributed by atoms with van der Waals surface area (Å²) >= 11 is 2.03. The van der Waals surface area contributed by atoms with Gasteiger partial charge in [0.05, 0.1) is 0 Å². The highest BCUT2D eigenvalue weighted by atomic mass is 32.2. The summed E-state index contributed by atoms with van der Waals surface area (Å²) in [5.41, 5.74) is 1.39. The molecule has 2 unspecified atom stereocenters. The third-order valence-corrected chi connectivity index (χ3v) is 3.78. The van der Waals surface area contributed by atoms with E-state index in [9.17, 15) is 0 Å². The van der Waals surface area contributed by atoms with Gasteiger partial charge in [-0.25, -0.2) is 0 Å². The van der Waals surface area contributed by atoms with Gasteiger partial charge in [0.15, 0.2) is 0 Å². The quantitative estimate of drug-likeness (QED) is 0.806. The molecule has 0 saturated heterocycles. The first-order valence-corrected chi connectivity index (χ1v) is 7.03. The Labute approximate surface area is 104 Å². The standard InChI is InChI=1S/C14H23NS/c1-5-15-14(12(4)16-11(2)3)13-9-7-6-8-10-13/h6-12,14-15H,5H2,1-4H3. The van der Waals surface area contributed by atoms with Crippen molar-refractivity contribution in [3.63, 3.8) is 0 Å². The van der Waals surface area contributed by atoms with E-state index in [4.69, 9.17) is 0 Å². The fraction of sp³-hybridized carbons (Fsp3) is 0.571. The SMILES string of the molecule is CCNC(c1ccccc1)C(C)SC(C)C. The van der Waals surface area contributed by atoms with Crippen molar-refractivity contribution < 1.29 is 0 Å². The number of benzene rings is 1. The van der Waals surface area contributed by atoms with Crippen LogP contribution >= 0.6 is 11.8 Å². The molecule has 0 fully saturated rings. The monoisotopic (exact) mass is 237 g/mol. The maximum atomic E-state index is 3.58. The summed E-state index contributed by atoms with van der Waals surface area (Å²) in [5.74, 6) is 0. The molecule has 1 aromatic carbocycles. The molecule has 0 aliphatic carbocycles. The van der Waals surface area contributed by atoms with Gasteiger partial charge in [-0.15, -0.1) is 0 Å². The predicted molar refractivity (Wildman–Crippen MR) is 75.0 cm³/mol. The van der Waals surface area contributed by atoms with Gasteiger partial charge < -0.3 is 5.32 Å². The van der Waals surface area contributed by atoms with Crippen molar-refractivity contribution >= 4 is 11.8 Å². The van der Waals surface area contributed by atoms with Crippen LogP contribution in [-0.4, -0.2) is 17.0 Å². The first-order chi connectivity index (χ1) is 7.65. The fourth-order valence-electron chi connectivity index (χ4n) is 1.94. The van der Waals surface area contributed by atoms with Gasteiger partial charge in [0, 0.05) is 11.3 Å². The maximum Gasteiger partial charge on any atom is 0.0437 e. The molecule has 1 N–H and O–H groups in total. The zero-order valence-corrected chi connectivity index (χ0v) is 11.6. The second-order valence-electron chi connectivity index (χ2n) is 4.34. The normalized spacial score (nSPS) is 15.1.